The molecule has 6 nitrogen and oxygen atoms in total. The zero-order chi connectivity index (χ0) is 22.3. The number of hydrogen-bond donors (Lipinski definition) is 1. The standard InChI is InChI=1S/C24H28FNO5/c1-24(2,31-20-12-7-6-11-19(20)25)23-29-16-18(9-4-3-5-13-21(27)28)22(30-23)17-10-8-14-26-15-17/h3-4,6-8,10-12,14-15,18,22-23H,5,9,13,16H2,1-2H3,(H,27,28)/b4-3-. The number of pyridine rings is 1. The van der Waals surface area contributed by atoms with Gasteiger partial charge in [0.15, 0.2) is 23.5 Å². The van der Waals surface area contributed by atoms with E-state index in [1.54, 1.807) is 44.4 Å². The maximum atomic E-state index is 14.1. The summed E-state index contributed by atoms with van der Waals surface area (Å²) in [5.74, 6) is -1.10. The molecular formula is C24H28FNO5. The van der Waals surface area contributed by atoms with Gasteiger partial charge in [0, 0.05) is 24.7 Å². The number of benzene rings is 1. The van der Waals surface area contributed by atoms with Crippen molar-refractivity contribution in [3.8, 4) is 5.75 Å². The fourth-order valence-corrected chi connectivity index (χ4v) is 3.49. The molecule has 0 bridgehead atoms. The molecule has 2 aromatic rings. The summed E-state index contributed by atoms with van der Waals surface area (Å²) in [4.78, 5) is 14.9. The first-order valence-electron chi connectivity index (χ1n) is 10.3. The van der Waals surface area contributed by atoms with Crippen LogP contribution in [0.15, 0.2) is 60.9 Å². The number of aromatic nitrogens is 1. The van der Waals surface area contributed by atoms with Crippen molar-refractivity contribution < 1.29 is 28.5 Å². The van der Waals surface area contributed by atoms with Gasteiger partial charge in [-0.1, -0.05) is 30.4 Å². The van der Waals surface area contributed by atoms with Crippen LogP contribution in [0.2, 0.25) is 0 Å². The van der Waals surface area contributed by atoms with E-state index in [1.807, 2.05) is 24.3 Å². The van der Waals surface area contributed by atoms with Gasteiger partial charge in [0.1, 0.15) is 0 Å². The van der Waals surface area contributed by atoms with Crippen molar-refractivity contribution in [1.82, 2.24) is 4.98 Å². The van der Waals surface area contributed by atoms with Gasteiger partial charge in [-0.15, -0.1) is 0 Å². The molecule has 3 unspecified atom stereocenters. The Morgan fingerprint density at radius 2 is 2.10 bits per heavy atom. The van der Waals surface area contributed by atoms with Crippen LogP contribution < -0.4 is 4.74 Å². The van der Waals surface area contributed by atoms with E-state index in [0.717, 1.165) is 5.56 Å². The maximum Gasteiger partial charge on any atom is 0.303 e. The van der Waals surface area contributed by atoms with Crippen LogP contribution in [0, 0.1) is 11.7 Å². The topological polar surface area (TPSA) is 77.9 Å². The number of carboxylic acids is 1. The molecule has 1 N–H and O–H groups in total. The lowest BCUT2D eigenvalue weighted by Gasteiger charge is -2.42. The van der Waals surface area contributed by atoms with Gasteiger partial charge in [-0.3, -0.25) is 9.78 Å². The molecule has 0 amide bonds. The third kappa shape index (κ3) is 6.35. The molecule has 1 saturated heterocycles. The number of nitrogens with zero attached hydrogens (tertiary/aromatic N) is 1. The van der Waals surface area contributed by atoms with Crippen LogP contribution in [0.4, 0.5) is 4.39 Å². The molecule has 0 radical (unpaired) electrons. The Labute approximate surface area is 181 Å². The molecule has 1 aliphatic rings. The van der Waals surface area contributed by atoms with E-state index in [9.17, 15) is 9.18 Å². The van der Waals surface area contributed by atoms with Gasteiger partial charge in [-0.25, -0.2) is 4.39 Å². The molecule has 0 spiro atoms. The van der Waals surface area contributed by atoms with Gasteiger partial charge in [-0.2, -0.15) is 0 Å². The van der Waals surface area contributed by atoms with Crippen molar-refractivity contribution in [1.29, 1.82) is 0 Å². The predicted molar refractivity (Wildman–Crippen MR) is 113 cm³/mol. The summed E-state index contributed by atoms with van der Waals surface area (Å²) in [7, 11) is 0. The Balaban J connectivity index is 1.72. The highest BCUT2D eigenvalue weighted by Gasteiger charge is 2.42. The predicted octanol–water partition coefficient (Wildman–Crippen LogP) is 4.92. The maximum absolute atomic E-state index is 14.1. The summed E-state index contributed by atoms with van der Waals surface area (Å²) in [6, 6.07) is 10.0. The van der Waals surface area contributed by atoms with E-state index in [2.05, 4.69) is 4.98 Å². The van der Waals surface area contributed by atoms with Crippen LogP contribution in [0.3, 0.4) is 0 Å². The molecule has 1 fully saturated rings. The summed E-state index contributed by atoms with van der Waals surface area (Å²) in [5.41, 5.74) is -0.0215. The zero-order valence-corrected chi connectivity index (χ0v) is 17.7. The van der Waals surface area contributed by atoms with Gasteiger partial charge < -0.3 is 19.3 Å². The van der Waals surface area contributed by atoms with Crippen LogP contribution >= 0.6 is 0 Å². The van der Waals surface area contributed by atoms with Crippen LogP contribution in [-0.2, 0) is 14.3 Å². The summed E-state index contributed by atoms with van der Waals surface area (Å²) in [6.07, 6.45) is 7.53. The average Bonchev–Trinajstić information content (AvgIpc) is 2.75. The average molecular weight is 429 g/mol. The van der Waals surface area contributed by atoms with E-state index in [-0.39, 0.29) is 24.2 Å². The second-order valence-corrected chi connectivity index (χ2v) is 8.04. The first-order chi connectivity index (χ1) is 14.9. The van der Waals surface area contributed by atoms with E-state index >= 15 is 0 Å². The highest BCUT2D eigenvalue weighted by atomic mass is 19.1. The van der Waals surface area contributed by atoms with Gasteiger partial charge in [0.05, 0.1) is 12.7 Å². The second kappa shape index (κ2) is 10.5. The Morgan fingerprint density at radius 3 is 2.81 bits per heavy atom. The second-order valence-electron chi connectivity index (χ2n) is 8.04. The van der Waals surface area contributed by atoms with Crippen molar-refractivity contribution >= 4 is 5.97 Å². The molecule has 7 heteroatoms. The fraction of sp³-hybridized carbons (Fsp3) is 0.417. The quantitative estimate of drug-likeness (QED) is 0.570. The van der Waals surface area contributed by atoms with Gasteiger partial charge in [0.2, 0.25) is 0 Å². The van der Waals surface area contributed by atoms with Gasteiger partial charge in [0.25, 0.3) is 0 Å². The Morgan fingerprint density at radius 1 is 1.29 bits per heavy atom. The highest BCUT2D eigenvalue weighted by molar-refractivity contribution is 5.66. The number of allylic oxidation sites excluding steroid dienone is 2. The Hall–Kier alpha value is -2.77. The van der Waals surface area contributed by atoms with Crippen molar-refractivity contribution in [3.05, 3.63) is 72.3 Å². The number of ether oxygens (including phenoxy) is 3. The summed E-state index contributed by atoms with van der Waals surface area (Å²) < 4.78 is 32.3. The van der Waals surface area contributed by atoms with Crippen molar-refractivity contribution in [2.45, 2.75) is 51.1 Å². The van der Waals surface area contributed by atoms with Crippen molar-refractivity contribution in [2.75, 3.05) is 6.61 Å². The van der Waals surface area contributed by atoms with Crippen LogP contribution in [0.5, 0.6) is 5.75 Å². The first-order valence-corrected chi connectivity index (χ1v) is 10.3. The van der Waals surface area contributed by atoms with E-state index in [1.165, 1.54) is 6.07 Å². The van der Waals surface area contributed by atoms with E-state index in [4.69, 9.17) is 19.3 Å². The number of aliphatic carboxylic acids is 1. The molecule has 3 rings (SSSR count). The minimum atomic E-state index is -0.940. The molecule has 166 valence electrons. The molecule has 0 aliphatic carbocycles. The molecule has 1 aliphatic heterocycles. The molecular weight excluding hydrogens is 401 g/mol. The lowest BCUT2D eigenvalue weighted by atomic mass is 9.92. The van der Waals surface area contributed by atoms with E-state index < -0.39 is 23.7 Å². The molecule has 31 heavy (non-hydrogen) atoms. The van der Waals surface area contributed by atoms with Gasteiger partial charge >= 0.3 is 5.97 Å². The summed E-state index contributed by atoms with van der Waals surface area (Å²) >= 11 is 0. The Kier molecular flexibility index (Phi) is 7.76. The summed E-state index contributed by atoms with van der Waals surface area (Å²) in [5, 5.41) is 8.76. The highest BCUT2D eigenvalue weighted by Crippen LogP contribution is 2.38. The van der Waals surface area contributed by atoms with Crippen molar-refractivity contribution in [3.63, 3.8) is 0 Å². The smallest absolute Gasteiger partial charge is 0.303 e. The lowest BCUT2D eigenvalue weighted by molar-refractivity contribution is -0.288. The van der Waals surface area contributed by atoms with Gasteiger partial charge in [-0.05, 0) is 50.5 Å². The number of carboxylic acid groups (broad SMARTS) is 1. The normalized spacial score (nSPS) is 21.8. The molecule has 0 saturated carbocycles. The first kappa shape index (κ1) is 22.9. The minimum absolute atomic E-state index is 0.0192. The number of carbonyl (C=O) groups is 1. The molecule has 1 aromatic heterocycles. The number of para-hydroxylation sites is 1. The third-order valence-electron chi connectivity index (χ3n) is 5.08. The fourth-order valence-electron chi connectivity index (χ4n) is 3.49. The number of rotatable bonds is 9. The molecule has 1 aromatic carbocycles. The SMILES string of the molecule is CC(C)(Oc1ccccc1F)C1OCC(C/C=C\CCC(=O)O)C(c2cccnc2)O1. The largest absolute Gasteiger partial charge is 0.481 e. The summed E-state index contributed by atoms with van der Waals surface area (Å²) in [6.45, 7) is 4.02. The lowest BCUT2D eigenvalue weighted by Crippen LogP contribution is -2.50. The molecule has 3 atom stereocenters. The van der Waals surface area contributed by atoms with Crippen LogP contribution in [0.25, 0.3) is 0 Å². The zero-order valence-electron chi connectivity index (χ0n) is 17.7. The van der Waals surface area contributed by atoms with Crippen molar-refractivity contribution in [2.24, 2.45) is 5.92 Å². The molecule has 2 heterocycles. The monoisotopic (exact) mass is 429 g/mol. The van der Waals surface area contributed by atoms with Crippen LogP contribution in [0.1, 0.15) is 44.8 Å². The number of hydrogen-bond acceptors (Lipinski definition) is 5. The third-order valence-corrected chi connectivity index (χ3v) is 5.08. The van der Waals surface area contributed by atoms with Crippen LogP contribution in [-0.4, -0.2) is 34.6 Å². The Bertz CT molecular complexity index is 887. The number of halogens is 1. The van der Waals surface area contributed by atoms with E-state index in [0.29, 0.717) is 19.4 Å². The minimum Gasteiger partial charge on any atom is -0.481 e.